The quantitative estimate of drug-likeness (QED) is 0.362. The summed E-state index contributed by atoms with van der Waals surface area (Å²) in [5.74, 6) is -1.01. The second-order valence-corrected chi connectivity index (χ2v) is 9.38. The van der Waals surface area contributed by atoms with E-state index in [0.717, 1.165) is 30.4 Å². The van der Waals surface area contributed by atoms with Crippen LogP contribution in [0.25, 0.3) is 5.82 Å². The van der Waals surface area contributed by atoms with E-state index in [1.54, 1.807) is 18.2 Å². The molecular formula is C23H24BrF3N6. The third-order valence-electron chi connectivity index (χ3n) is 6.39. The van der Waals surface area contributed by atoms with Gasteiger partial charge in [0, 0.05) is 11.7 Å². The summed E-state index contributed by atoms with van der Waals surface area (Å²) in [6.45, 7) is 2.38. The normalized spacial score (nSPS) is 19.3. The fourth-order valence-corrected chi connectivity index (χ4v) is 5.09. The minimum atomic E-state index is -4.66. The zero-order valence-corrected chi connectivity index (χ0v) is 19.5. The van der Waals surface area contributed by atoms with E-state index in [-0.39, 0.29) is 11.8 Å². The van der Waals surface area contributed by atoms with Gasteiger partial charge in [-0.15, -0.1) is 5.10 Å². The lowest BCUT2D eigenvalue weighted by atomic mass is 10.0. The Bertz CT molecular complexity index is 1140. The number of likely N-dealkylation sites (tertiary alicyclic amines) is 1. The van der Waals surface area contributed by atoms with E-state index in [9.17, 15) is 13.2 Å². The van der Waals surface area contributed by atoms with Crippen LogP contribution in [0.1, 0.15) is 42.6 Å². The number of rotatable bonds is 4. The maximum absolute atomic E-state index is 13.4. The highest BCUT2D eigenvalue weighted by molar-refractivity contribution is 9.10. The van der Waals surface area contributed by atoms with Crippen molar-refractivity contribution in [2.45, 2.75) is 50.7 Å². The van der Waals surface area contributed by atoms with Gasteiger partial charge in [0.05, 0.1) is 0 Å². The Morgan fingerprint density at radius 3 is 2.45 bits per heavy atom. The molecule has 3 aromatic rings. The van der Waals surface area contributed by atoms with Gasteiger partial charge in [-0.05, 0) is 103 Å². The molecule has 1 saturated heterocycles. The minimum Gasteiger partial charge on any atom is -0.324 e. The molecule has 0 bridgehead atoms. The Kier molecular flexibility index (Phi) is 6.13. The highest BCUT2D eigenvalue weighted by Crippen LogP contribution is 2.31. The summed E-state index contributed by atoms with van der Waals surface area (Å²) in [7, 11) is 0. The largest absolute Gasteiger partial charge is 0.453 e. The molecule has 1 aromatic carbocycles. The van der Waals surface area contributed by atoms with Crippen LogP contribution >= 0.6 is 15.9 Å². The molecule has 1 aliphatic carbocycles. The van der Waals surface area contributed by atoms with E-state index in [4.69, 9.17) is 0 Å². The van der Waals surface area contributed by atoms with Crippen molar-refractivity contribution in [3.8, 4) is 5.82 Å². The summed E-state index contributed by atoms with van der Waals surface area (Å²) < 4.78 is 41.6. The fourth-order valence-electron chi connectivity index (χ4n) is 4.76. The number of hydrogen-bond donors (Lipinski definition) is 1. The van der Waals surface area contributed by atoms with Crippen molar-refractivity contribution in [1.82, 2.24) is 24.6 Å². The summed E-state index contributed by atoms with van der Waals surface area (Å²) in [5, 5.41) is 6.72. The van der Waals surface area contributed by atoms with Crippen molar-refractivity contribution >= 4 is 27.6 Å². The predicted molar refractivity (Wildman–Crippen MR) is 123 cm³/mol. The van der Waals surface area contributed by atoms with Gasteiger partial charge in [-0.2, -0.15) is 22.8 Å². The molecule has 2 aromatic heterocycles. The molecule has 2 aliphatic rings. The number of anilines is 2. The first-order chi connectivity index (χ1) is 15.9. The summed E-state index contributed by atoms with van der Waals surface area (Å²) >= 11 is 3.26. The van der Waals surface area contributed by atoms with E-state index in [1.807, 2.05) is 12.1 Å². The van der Waals surface area contributed by atoms with Gasteiger partial charge in [0.1, 0.15) is 4.60 Å². The van der Waals surface area contributed by atoms with E-state index in [0.29, 0.717) is 16.3 Å². The molecule has 0 amide bonds. The zero-order chi connectivity index (χ0) is 23.0. The first-order valence-electron chi connectivity index (χ1n) is 11.2. The number of pyridine rings is 1. The van der Waals surface area contributed by atoms with Gasteiger partial charge in [-0.25, -0.2) is 4.98 Å². The Hall–Kier alpha value is -2.46. The van der Waals surface area contributed by atoms with Crippen molar-refractivity contribution < 1.29 is 13.2 Å². The molecule has 1 fully saturated rings. The SMILES string of the molecule is FC(F)(F)c1nc(Nc2ccc3c(c2)CCC(N2CCCC2)CC3)n(-c2cccc(Br)n2)n1. The first kappa shape index (κ1) is 22.3. The lowest BCUT2D eigenvalue weighted by molar-refractivity contribution is -0.144. The highest BCUT2D eigenvalue weighted by Gasteiger charge is 2.37. The van der Waals surface area contributed by atoms with Crippen molar-refractivity contribution in [3.05, 3.63) is 58.0 Å². The van der Waals surface area contributed by atoms with Crippen molar-refractivity contribution in [2.24, 2.45) is 0 Å². The lowest BCUT2D eigenvalue weighted by Gasteiger charge is -2.25. The van der Waals surface area contributed by atoms with Gasteiger partial charge in [-0.1, -0.05) is 12.1 Å². The molecule has 6 nitrogen and oxygen atoms in total. The maximum atomic E-state index is 13.4. The number of halogens is 4. The molecule has 1 atom stereocenters. The Balaban J connectivity index is 1.41. The molecule has 1 unspecified atom stereocenters. The van der Waals surface area contributed by atoms with Crippen LogP contribution in [-0.4, -0.2) is 43.8 Å². The monoisotopic (exact) mass is 520 g/mol. The van der Waals surface area contributed by atoms with E-state index in [1.165, 1.54) is 37.1 Å². The van der Waals surface area contributed by atoms with Crippen molar-refractivity contribution in [2.75, 3.05) is 18.4 Å². The number of aryl methyl sites for hydroxylation is 2. The Morgan fingerprint density at radius 1 is 0.970 bits per heavy atom. The Morgan fingerprint density at radius 2 is 1.73 bits per heavy atom. The summed E-state index contributed by atoms with van der Waals surface area (Å²) in [4.78, 5) is 10.6. The second kappa shape index (κ2) is 9.06. The average Bonchev–Trinajstić information content (AvgIpc) is 3.41. The molecule has 10 heteroatoms. The van der Waals surface area contributed by atoms with Gasteiger partial charge in [-0.3, -0.25) is 0 Å². The zero-order valence-electron chi connectivity index (χ0n) is 17.9. The molecule has 174 valence electrons. The summed E-state index contributed by atoms with van der Waals surface area (Å²) in [5.41, 5.74) is 3.24. The van der Waals surface area contributed by atoms with Crippen LogP contribution in [0.5, 0.6) is 0 Å². The third kappa shape index (κ3) is 4.91. The Labute approximate surface area is 198 Å². The molecule has 5 rings (SSSR count). The highest BCUT2D eigenvalue weighted by atomic mass is 79.9. The van der Waals surface area contributed by atoms with Crippen LogP contribution in [0.4, 0.5) is 24.8 Å². The van der Waals surface area contributed by atoms with E-state index >= 15 is 0 Å². The van der Waals surface area contributed by atoms with Crippen LogP contribution in [0.15, 0.2) is 41.0 Å². The van der Waals surface area contributed by atoms with Gasteiger partial charge < -0.3 is 10.2 Å². The van der Waals surface area contributed by atoms with Gasteiger partial charge >= 0.3 is 6.18 Å². The van der Waals surface area contributed by atoms with Gasteiger partial charge in [0.2, 0.25) is 5.95 Å². The van der Waals surface area contributed by atoms with Crippen LogP contribution in [0.2, 0.25) is 0 Å². The number of nitrogens with one attached hydrogen (secondary N) is 1. The van der Waals surface area contributed by atoms with E-state index < -0.39 is 12.0 Å². The molecule has 0 radical (unpaired) electrons. The third-order valence-corrected chi connectivity index (χ3v) is 6.83. The fraction of sp³-hybridized carbons (Fsp3) is 0.435. The maximum Gasteiger partial charge on any atom is 0.453 e. The smallest absolute Gasteiger partial charge is 0.324 e. The van der Waals surface area contributed by atoms with Crippen LogP contribution in [0.3, 0.4) is 0 Å². The van der Waals surface area contributed by atoms with Crippen LogP contribution < -0.4 is 5.32 Å². The predicted octanol–water partition coefficient (Wildman–Crippen LogP) is 5.53. The average molecular weight is 521 g/mol. The molecular weight excluding hydrogens is 497 g/mol. The van der Waals surface area contributed by atoms with Crippen LogP contribution in [-0.2, 0) is 19.0 Å². The lowest BCUT2D eigenvalue weighted by Crippen LogP contribution is -2.32. The number of alkyl halides is 3. The molecule has 0 saturated carbocycles. The number of hydrogen-bond acceptors (Lipinski definition) is 5. The van der Waals surface area contributed by atoms with Crippen molar-refractivity contribution in [3.63, 3.8) is 0 Å². The number of aromatic nitrogens is 4. The number of benzene rings is 1. The molecule has 1 aliphatic heterocycles. The molecule has 1 N–H and O–H groups in total. The van der Waals surface area contributed by atoms with Crippen LogP contribution in [0, 0.1) is 0 Å². The first-order valence-corrected chi connectivity index (χ1v) is 12.0. The summed E-state index contributed by atoms with van der Waals surface area (Å²) in [6, 6.07) is 11.6. The molecule has 3 heterocycles. The summed E-state index contributed by atoms with van der Waals surface area (Å²) in [6.07, 6.45) is 2.14. The molecule has 33 heavy (non-hydrogen) atoms. The topological polar surface area (TPSA) is 58.9 Å². The minimum absolute atomic E-state index is 0.0311. The van der Waals surface area contributed by atoms with Crippen molar-refractivity contribution in [1.29, 1.82) is 0 Å². The second-order valence-electron chi connectivity index (χ2n) is 8.57. The number of nitrogens with zero attached hydrogens (tertiary/aromatic N) is 5. The van der Waals surface area contributed by atoms with E-state index in [2.05, 4.69) is 47.3 Å². The molecule has 0 spiro atoms. The van der Waals surface area contributed by atoms with Gasteiger partial charge in [0.15, 0.2) is 5.82 Å². The van der Waals surface area contributed by atoms with Gasteiger partial charge in [0.25, 0.3) is 5.82 Å². The number of fused-ring (bicyclic) bond motifs is 1. The standard InChI is InChI=1S/C23H24BrF3N6/c24-19-4-3-5-20(29-19)33-22(30-21(31-33)23(25,26)27)28-17-9-6-15-7-10-18(11-8-16(15)14-17)32-12-1-2-13-32/h3-6,9,14,18H,1-2,7-8,10-13H2,(H,28,30,31).